The smallest absolute Gasteiger partial charge is 0.306 e. The van der Waals surface area contributed by atoms with Crippen LogP contribution in [0.15, 0.2) is 12.1 Å². The van der Waals surface area contributed by atoms with Crippen molar-refractivity contribution in [1.29, 1.82) is 0 Å². The van der Waals surface area contributed by atoms with E-state index in [0.717, 1.165) is 12.8 Å². The zero-order valence-corrected chi connectivity index (χ0v) is 11.2. The Balaban J connectivity index is 1.96. The number of fused-ring (bicyclic) bond motifs is 1. The van der Waals surface area contributed by atoms with Gasteiger partial charge < -0.3 is 4.74 Å². The van der Waals surface area contributed by atoms with E-state index in [1.54, 1.807) is 0 Å². The average Bonchev–Trinajstić information content (AvgIpc) is 2.77. The van der Waals surface area contributed by atoms with Crippen molar-refractivity contribution < 1.29 is 9.53 Å². The van der Waals surface area contributed by atoms with Crippen LogP contribution in [0.3, 0.4) is 0 Å². The molecule has 2 nitrogen and oxygen atoms in total. The molecule has 0 spiro atoms. The van der Waals surface area contributed by atoms with Crippen LogP contribution in [0.25, 0.3) is 0 Å². The largest absolute Gasteiger partial charge is 0.462 e. The van der Waals surface area contributed by atoms with E-state index in [1.807, 2.05) is 0 Å². The molecule has 1 saturated heterocycles. The van der Waals surface area contributed by atoms with Gasteiger partial charge in [-0.05, 0) is 61.8 Å². The summed E-state index contributed by atoms with van der Waals surface area (Å²) in [5, 5.41) is 0. The van der Waals surface area contributed by atoms with Gasteiger partial charge in [0, 0.05) is 12.3 Å². The van der Waals surface area contributed by atoms with Crippen LogP contribution < -0.4 is 0 Å². The highest BCUT2D eigenvalue weighted by Gasteiger charge is 2.34. The van der Waals surface area contributed by atoms with Crippen LogP contribution in [-0.4, -0.2) is 12.1 Å². The van der Waals surface area contributed by atoms with E-state index in [0.29, 0.717) is 12.3 Å². The molecule has 96 valence electrons. The van der Waals surface area contributed by atoms with Gasteiger partial charge in [-0.2, -0.15) is 0 Å². The molecular weight excluding hydrogens is 224 g/mol. The molecule has 0 unspecified atom stereocenters. The number of hydrogen-bond donors (Lipinski definition) is 0. The van der Waals surface area contributed by atoms with Crippen molar-refractivity contribution in [2.24, 2.45) is 0 Å². The van der Waals surface area contributed by atoms with E-state index in [-0.39, 0.29) is 12.1 Å². The Hall–Kier alpha value is -1.31. The second-order valence-electron chi connectivity index (χ2n) is 5.70. The fraction of sp³-hybridized carbons (Fsp3) is 0.562. The number of rotatable bonds is 1. The molecule has 0 amide bonds. The number of carbonyl (C=O) groups is 1. The highest BCUT2D eigenvalue weighted by Crippen LogP contribution is 2.39. The van der Waals surface area contributed by atoms with Crippen molar-refractivity contribution in [2.75, 3.05) is 0 Å². The lowest BCUT2D eigenvalue weighted by Gasteiger charge is -2.30. The SMILES string of the molecule is Cc1cc2c(cc1C)[C@H]([C@@H]1CCC(=O)O1)CCC2. The average molecular weight is 244 g/mol. The molecule has 1 aromatic carbocycles. The van der Waals surface area contributed by atoms with Gasteiger partial charge in [-0.1, -0.05) is 12.1 Å². The second-order valence-corrected chi connectivity index (χ2v) is 5.70. The van der Waals surface area contributed by atoms with Crippen LogP contribution in [-0.2, 0) is 16.0 Å². The van der Waals surface area contributed by atoms with Gasteiger partial charge >= 0.3 is 5.97 Å². The topological polar surface area (TPSA) is 26.3 Å². The minimum atomic E-state index is -0.0176. The Labute approximate surface area is 108 Å². The predicted molar refractivity (Wildman–Crippen MR) is 70.7 cm³/mol. The third-order valence-electron chi connectivity index (χ3n) is 4.48. The molecule has 1 aliphatic heterocycles. The first-order valence-corrected chi connectivity index (χ1v) is 6.94. The first-order valence-electron chi connectivity index (χ1n) is 6.94. The number of hydrogen-bond acceptors (Lipinski definition) is 2. The van der Waals surface area contributed by atoms with Crippen molar-refractivity contribution in [1.82, 2.24) is 0 Å². The van der Waals surface area contributed by atoms with Gasteiger partial charge in [0.1, 0.15) is 6.10 Å². The Morgan fingerprint density at radius 1 is 1.11 bits per heavy atom. The molecule has 0 N–H and O–H groups in total. The minimum absolute atomic E-state index is 0.0176. The zero-order valence-electron chi connectivity index (χ0n) is 11.2. The van der Waals surface area contributed by atoms with E-state index in [4.69, 9.17) is 4.74 Å². The van der Waals surface area contributed by atoms with Crippen molar-refractivity contribution in [3.63, 3.8) is 0 Å². The van der Waals surface area contributed by atoms with Crippen LogP contribution >= 0.6 is 0 Å². The van der Waals surface area contributed by atoms with Gasteiger partial charge in [-0.3, -0.25) is 4.79 Å². The summed E-state index contributed by atoms with van der Waals surface area (Å²) in [5.41, 5.74) is 5.63. The van der Waals surface area contributed by atoms with E-state index < -0.39 is 0 Å². The number of cyclic esters (lactones) is 1. The number of carbonyl (C=O) groups excluding carboxylic acids is 1. The van der Waals surface area contributed by atoms with E-state index >= 15 is 0 Å². The normalized spacial score (nSPS) is 26.9. The number of ether oxygens (including phenoxy) is 1. The molecule has 1 aliphatic carbocycles. The predicted octanol–water partition coefficient (Wildman–Crippen LogP) is 3.43. The lowest BCUT2D eigenvalue weighted by molar-refractivity contribution is -0.142. The summed E-state index contributed by atoms with van der Waals surface area (Å²) < 4.78 is 5.49. The summed E-state index contributed by atoms with van der Waals surface area (Å²) in [6.45, 7) is 4.34. The fourth-order valence-electron chi connectivity index (χ4n) is 3.34. The quantitative estimate of drug-likeness (QED) is 0.707. The van der Waals surface area contributed by atoms with Crippen molar-refractivity contribution in [3.8, 4) is 0 Å². The molecule has 3 rings (SSSR count). The molecule has 1 heterocycles. The Morgan fingerprint density at radius 2 is 1.89 bits per heavy atom. The molecule has 0 bridgehead atoms. The van der Waals surface area contributed by atoms with Gasteiger partial charge in [0.25, 0.3) is 0 Å². The second kappa shape index (κ2) is 4.42. The van der Waals surface area contributed by atoms with Crippen LogP contribution in [0, 0.1) is 13.8 Å². The molecule has 0 radical (unpaired) electrons. The van der Waals surface area contributed by atoms with Crippen molar-refractivity contribution in [3.05, 3.63) is 34.4 Å². The highest BCUT2D eigenvalue weighted by molar-refractivity contribution is 5.71. The maximum absolute atomic E-state index is 11.3. The van der Waals surface area contributed by atoms with Gasteiger partial charge in [-0.15, -0.1) is 0 Å². The lowest BCUT2D eigenvalue weighted by atomic mass is 9.78. The third-order valence-corrected chi connectivity index (χ3v) is 4.48. The van der Waals surface area contributed by atoms with Crippen LogP contribution in [0.4, 0.5) is 0 Å². The van der Waals surface area contributed by atoms with E-state index in [1.165, 1.54) is 35.1 Å². The third kappa shape index (κ3) is 1.94. The molecule has 0 aromatic heterocycles. The Morgan fingerprint density at radius 3 is 2.61 bits per heavy atom. The first-order chi connectivity index (χ1) is 8.65. The summed E-state index contributed by atoms with van der Waals surface area (Å²) in [4.78, 5) is 11.3. The summed E-state index contributed by atoms with van der Waals surface area (Å²) in [6.07, 6.45) is 5.17. The molecule has 2 atom stereocenters. The summed E-state index contributed by atoms with van der Waals surface area (Å²) in [7, 11) is 0. The van der Waals surface area contributed by atoms with Crippen LogP contribution in [0.1, 0.15) is 53.9 Å². The molecule has 1 aromatic rings. The number of benzene rings is 1. The summed E-state index contributed by atoms with van der Waals surface area (Å²) in [5.74, 6) is 0.412. The molecular formula is C16H20O2. The van der Waals surface area contributed by atoms with Gasteiger partial charge in [0.15, 0.2) is 0 Å². The lowest BCUT2D eigenvalue weighted by Crippen LogP contribution is -2.23. The zero-order chi connectivity index (χ0) is 12.7. The first kappa shape index (κ1) is 11.8. The van der Waals surface area contributed by atoms with Gasteiger partial charge in [-0.25, -0.2) is 0 Å². The fourth-order valence-corrected chi connectivity index (χ4v) is 3.34. The molecule has 2 heteroatoms. The monoisotopic (exact) mass is 244 g/mol. The highest BCUT2D eigenvalue weighted by atomic mass is 16.5. The molecule has 0 saturated carbocycles. The Kier molecular flexibility index (Phi) is 2.89. The van der Waals surface area contributed by atoms with Crippen LogP contribution in [0.2, 0.25) is 0 Å². The summed E-state index contributed by atoms with van der Waals surface area (Å²) in [6, 6.07) is 4.65. The van der Waals surface area contributed by atoms with Crippen molar-refractivity contribution >= 4 is 5.97 Å². The minimum Gasteiger partial charge on any atom is -0.462 e. The molecule has 2 aliphatic rings. The standard InChI is InChI=1S/C16H20O2/c1-10-8-12-4-3-5-13(14(12)9-11(10)2)15-6-7-16(17)18-15/h8-9,13,15H,3-7H2,1-2H3/t13-,15+/m1/s1. The van der Waals surface area contributed by atoms with Crippen molar-refractivity contribution in [2.45, 2.75) is 58.0 Å². The van der Waals surface area contributed by atoms with E-state index in [9.17, 15) is 4.79 Å². The Bertz CT molecular complexity index is 490. The molecule has 18 heavy (non-hydrogen) atoms. The van der Waals surface area contributed by atoms with Gasteiger partial charge in [0.05, 0.1) is 0 Å². The van der Waals surface area contributed by atoms with Crippen LogP contribution in [0.5, 0.6) is 0 Å². The number of aryl methyl sites for hydroxylation is 3. The maximum atomic E-state index is 11.3. The van der Waals surface area contributed by atoms with Gasteiger partial charge in [0.2, 0.25) is 0 Å². The maximum Gasteiger partial charge on any atom is 0.306 e. The molecule has 1 fully saturated rings. The van der Waals surface area contributed by atoms with E-state index in [2.05, 4.69) is 26.0 Å². The number of esters is 1. The summed E-state index contributed by atoms with van der Waals surface area (Å²) >= 11 is 0.